The van der Waals surface area contributed by atoms with Crippen LogP contribution in [0.4, 0.5) is 4.39 Å². The Balaban J connectivity index is 1.61. The number of halogens is 3. The lowest BCUT2D eigenvalue weighted by Crippen LogP contribution is -1.99. The van der Waals surface area contributed by atoms with Crippen molar-refractivity contribution in [2.24, 2.45) is 0 Å². The fourth-order valence-electron chi connectivity index (χ4n) is 3.13. The third-order valence-corrected chi connectivity index (χ3v) is 5.60. The topological polar surface area (TPSA) is 70.9 Å². The van der Waals surface area contributed by atoms with Gasteiger partial charge >= 0.3 is 0 Å². The monoisotopic (exact) mass is 511 g/mol. The van der Waals surface area contributed by atoms with Crippen molar-refractivity contribution in [1.29, 1.82) is 5.26 Å². The van der Waals surface area contributed by atoms with Crippen molar-refractivity contribution in [3.63, 3.8) is 0 Å². The molecule has 4 rings (SSSR count). The van der Waals surface area contributed by atoms with Crippen LogP contribution in [0.5, 0.6) is 11.5 Å². The van der Waals surface area contributed by atoms with Crippen molar-refractivity contribution in [2.75, 3.05) is 7.11 Å². The largest absolute Gasteiger partial charge is 0.497 e. The third kappa shape index (κ3) is 4.62. The molecule has 0 saturated heterocycles. The van der Waals surface area contributed by atoms with E-state index in [0.29, 0.717) is 43.5 Å². The Morgan fingerprint density at radius 2 is 2.06 bits per heavy atom. The van der Waals surface area contributed by atoms with E-state index < -0.39 is 0 Å². The number of nitrogens with one attached hydrogen (secondary N) is 1. The van der Waals surface area contributed by atoms with Gasteiger partial charge in [0.15, 0.2) is 5.75 Å². The Labute approximate surface area is 197 Å². The van der Waals surface area contributed by atoms with Gasteiger partial charge in [0.05, 0.1) is 33.2 Å². The molecule has 0 radical (unpaired) electrons. The number of imidazole rings is 1. The Hall–Kier alpha value is -3.34. The zero-order valence-corrected chi connectivity index (χ0v) is 19.2. The van der Waals surface area contributed by atoms with Gasteiger partial charge in [-0.2, -0.15) is 5.26 Å². The second-order valence-electron chi connectivity index (χ2n) is 6.83. The van der Waals surface area contributed by atoms with E-state index in [4.69, 9.17) is 21.1 Å². The molecule has 0 spiro atoms. The van der Waals surface area contributed by atoms with Gasteiger partial charge in [-0.1, -0.05) is 29.8 Å². The second kappa shape index (κ2) is 9.43. The highest BCUT2D eigenvalue weighted by Crippen LogP contribution is 2.36. The molecule has 3 aromatic carbocycles. The van der Waals surface area contributed by atoms with Gasteiger partial charge in [-0.15, -0.1) is 0 Å². The molecule has 4 aromatic rings. The standard InChI is InChI=1S/C24H16BrClFN3O2/c1-31-17-6-7-21-22(11-17)30-24(29-21)16(12-28)8-14-9-18(25)23(19(26)10-14)32-13-15-4-2-3-5-20(15)27/h2-11H,13H2,1H3,(H,29,30)/b16-8-. The van der Waals surface area contributed by atoms with Gasteiger partial charge in [-0.25, -0.2) is 9.37 Å². The number of ether oxygens (including phenoxy) is 2. The van der Waals surface area contributed by atoms with Crippen LogP contribution in [0.25, 0.3) is 22.7 Å². The van der Waals surface area contributed by atoms with Gasteiger partial charge in [0.1, 0.15) is 30.1 Å². The lowest BCUT2D eigenvalue weighted by molar-refractivity contribution is 0.298. The van der Waals surface area contributed by atoms with E-state index in [1.807, 2.05) is 12.1 Å². The number of nitriles is 1. The maximum absolute atomic E-state index is 13.8. The van der Waals surface area contributed by atoms with Gasteiger partial charge in [0.2, 0.25) is 0 Å². The molecule has 32 heavy (non-hydrogen) atoms. The summed E-state index contributed by atoms with van der Waals surface area (Å²) in [7, 11) is 1.59. The highest BCUT2D eigenvalue weighted by Gasteiger charge is 2.13. The van der Waals surface area contributed by atoms with Crippen molar-refractivity contribution in [1.82, 2.24) is 9.97 Å². The predicted octanol–water partition coefficient (Wildman–Crippen LogP) is 6.77. The molecule has 1 aromatic heterocycles. The van der Waals surface area contributed by atoms with Gasteiger partial charge < -0.3 is 14.5 Å². The van der Waals surface area contributed by atoms with Crippen LogP contribution >= 0.6 is 27.5 Å². The molecule has 0 aliphatic rings. The van der Waals surface area contributed by atoms with Gasteiger partial charge in [-0.3, -0.25) is 0 Å². The summed E-state index contributed by atoms with van der Waals surface area (Å²) >= 11 is 9.86. The number of aromatic nitrogens is 2. The molecule has 1 N–H and O–H groups in total. The molecule has 0 saturated carbocycles. The van der Waals surface area contributed by atoms with Crippen molar-refractivity contribution in [3.05, 3.63) is 86.9 Å². The van der Waals surface area contributed by atoms with Crippen molar-refractivity contribution in [2.45, 2.75) is 6.61 Å². The van der Waals surface area contributed by atoms with E-state index in [1.54, 1.807) is 49.6 Å². The minimum Gasteiger partial charge on any atom is -0.497 e. The molecule has 0 aliphatic heterocycles. The molecule has 0 atom stereocenters. The summed E-state index contributed by atoms with van der Waals surface area (Å²) in [5, 5.41) is 10.0. The smallest absolute Gasteiger partial charge is 0.152 e. The van der Waals surface area contributed by atoms with Crippen LogP contribution in [0, 0.1) is 17.1 Å². The molecule has 0 unspecified atom stereocenters. The van der Waals surface area contributed by atoms with E-state index in [1.165, 1.54) is 6.07 Å². The van der Waals surface area contributed by atoms with Gasteiger partial charge in [0, 0.05) is 11.6 Å². The number of fused-ring (bicyclic) bond motifs is 1. The molecular formula is C24H16BrClFN3O2. The molecule has 0 fully saturated rings. The van der Waals surface area contributed by atoms with Gasteiger partial charge in [-0.05, 0) is 57.9 Å². The van der Waals surface area contributed by atoms with E-state index in [-0.39, 0.29) is 12.4 Å². The van der Waals surface area contributed by atoms with Crippen molar-refractivity contribution in [3.8, 4) is 17.6 Å². The number of aromatic amines is 1. The van der Waals surface area contributed by atoms with Crippen LogP contribution in [0.15, 0.2) is 59.1 Å². The summed E-state index contributed by atoms with van der Waals surface area (Å²) in [5.41, 5.74) is 2.92. The van der Waals surface area contributed by atoms with Crippen LogP contribution in [0.3, 0.4) is 0 Å². The van der Waals surface area contributed by atoms with E-state index >= 15 is 0 Å². The zero-order valence-electron chi connectivity index (χ0n) is 16.8. The van der Waals surface area contributed by atoms with Crippen molar-refractivity contribution >= 4 is 50.2 Å². The first-order chi connectivity index (χ1) is 15.5. The average molecular weight is 513 g/mol. The number of nitrogens with zero attached hydrogens (tertiary/aromatic N) is 2. The van der Waals surface area contributed by atoms with Crippen LogP contribution < -0.4 is 9.47 Å². The molecule has 1 heterocycles. The molecule has 5 nitrogen and oxygen atoms in total. The quantitative estimate of drug-likeness (QED) is 0.289. The maximum Gasteiger partial charge on any atom is 0.152 e. The summed E-state index contributed by atoms with van der Waals surface area (Å²) in [6, 6.07) is 17.4. The normalized spacial score (nSPS) is 11.4. The zero-order chi connectivity index (χ0) is 22.7. The second-order valence-corrected chi connectivity index (χ2v) is 8.09. The van der Waals surface area contributed by atoms with Gasteiger partial charge in [0.25, 0.3) is 0 Å². The fourth-order valence-corrected chi connectivity index (χ4v) is 4.12. The summed E-state index contributed by atoms with van der Waals surface area (Å²) in [4.78, 5) is 7.62. The highest BCUT2D eigenvalue weighted by atomic mass is 79.9. The number of methoxy groups -OCH3 is 1. The Morgan fingerprint density at radius 1 is 1.25 bits per heavy atom. The molecule has 160 valence electrons. The average Bonchev–Trinajstić information content (AvgIpc) is 3.21. The minimum atomic E-state index is -0.346. The Bertz CT molecular complexity index is 1350. The van der Waals surface area contributed by atoms with E-state index in [2.05, 4.69) is 32.0 Å². The number of H-pyrrole nitrogens is 1. The fraction of sp³-hybridized carbons (Fsp3) is 0.0833. The predicted molar refractivity (Wildman–Crippen MR) is 126 cm³/mol. The van der Waals surface area contributed by atoms with E-state index in [9.17, 15) is 9.65 Å². The number of hydrogen-bond donors (Lipinski definition) is 1. The Morgan fingerprint density at radius 3 is 2.78 bits per heavy atom. The first kappa shape index (κ1) is 21.9. The Kier molecular flexibility index (Phi) is 6.45. The lowest BCUT2D eigenvalue weighted by atomic mass is 10.1. The summed E-state index contributed by atoms with van der Waals surface area (Å²) in [6.07, 6.45) is 1.67. The van der Waals surface area contributed by atoms with Crippen LogP contribution in [0.1, 0.15) is 17.0 Å². The highest BCUT2D eigenvalue weighted by molar-refractivity contribution is 9.10. The molecule has 0 bridgehead atoms. The molecule has 0 aliphatic carbocycles. The first-order valence-electron chi connectivity index (χ1n) is 9.49. The summed E-state index contributed by atoms with van der Waals surface area (Å²) in [5.74, 6) is 1.17. The number of rotatable bonds is 6. The third-order valence-electron chi connectivity index (χ3n) is 4.73. The molecule has 8 heteroatoms. The summed E-state index contributed by atoms with van der Waals surface area (Å²) < 4.78 is 25.4. The van der Waals surface area contributed by atoms with Crippen molar-refractivity contribution < 1.29 is 13.9 Å². The number of allylic oxidation sites excluding steroid dienone is 1. The number of benzene rings is 3. The number of hydrogen-bond acceptors (Lipinski definition) is 4. The van der Waals surface area contributed by atoms with Crippen LogP contribution in [-0.4, -0.2) is 17.1 Å². The first-order valence-corrected chi connectivity index (χ1v) is 10.7. The molecular weight excluding hydrogens is 497 g/mol. The van der Waals surface area contributed by atoms with E-state index in [0.717, 1.165) is 11.0 Å². The van der Waals surface area contributed by atoms with Crippen LogP contribution in [0.2, 0.25) is 5.02 Å². The van der Waals surface area contributed by atoms with Crippen LogP contribution in [-0.2, 0) is 6.61 Å². The summed E-state index contributed by atoms with van der Waals surface area (Å²) in [6.45, 7) is 0.0338. The minimum absolute atomic E-state index is 0.0338. The molecule has 0 amide bonds. The lowest BCUT2D eigenvalue weighted by Gasteiger charge is -2.12. The SMILES string of the molecule is COc1ccc2nc(/C(C#N)=C\c3cc(Cl)c(OCc4ccccc4F)c(Br)c3)[nH]c2c1. The maximum atomic E-state index is 13.8.